The number of sulfonamides is 1. The van der Waals surface area contributed by atoms with Gasteiger partial charge in [-0.15, -0.1) is 11.3 Å². The molecule has 0 spiro atoms. The van der Waals surface area contributed by atoms with Crippen LogP contribution in [0.4, 0.5) is 10.2 Å². The fourth-order valence-electron chi connectivity index (χ4n) is 1.94. The van der Waals surface area contributed by atoms with Crippen LogP contribution in [0.25, 0.3) is 0 Å². The highest BCUT2D eigenvalue weighted by molar-refractivity contribution is 9.11. The van der Waals surface area contributed by atoms with Crippen molar-refractivity contribution < 1.29 is 12.8 Å². The average Bonchev–Trinajstić information content (AvgIpc) is 3.11. The molecule has 0 aliphatic carbocycles. The number of hydrogen-bond acceptors (Lipinski definition) is 4. The van der Waals surface area contributed by atoms with Gasteiger partial charge in [0, 0.05) is 17.8 Å². The minimum Gasteiger partial charge on any atom is -0.266 e. The minimum atomic E-state index is -3.67. The molecule has 3 aromatic rings. The monoisotopic (exact) mass is 415 g/mol. The van der Waals surface area contributed by atoms with E-state index in [9.17, 15) is 12.8 Å². The Morgan fingerprint density at radius 1 is 1.22 bits per heavy atom. The Labute approximate surface area is 145 Å². The third kappa shape index (κ3) is 3.80. The van der Waals surface area contributed by atoms with Gasteiger partial charge in [0.15, 0.2) is 5.82 Å². The number of benzene rings is 1. The van der Waals surface area contributed by atoms with Crippen LogP contribution in [0.2, 0.25) is 0 Å². The molecule has 9 heteroatoms. The molecule has 0 aliphatic heterocycles. The lowest BCUT2D eigenvalue weighted by Crippen LogP contribution is -2.12. The summed E-state index contributed by atoms with van der Waals surface area (Å²) in [7, 11) is -3.67. The molecular weight excluding hydrogens is 405 g/mol. The van der Waals surface area contributed by atoms with E-state index in [1.54, 1.807) is 30.5 Å². The zero-order valence-electron chi connectivity index (χ0n) is 11.6. The van der Waals surface area contributed by atoms with E-state index in [1.165, 1.54) is 22.9 Å². The number of hydrogen-bond donors (Lipinski definition) is 1. The first-order chi connectivity index (χ1) is 10.9. The van der Waals surface area contributed by atoms with Crippen LogP contribution in [0.3, 0.4) is 0 Å². The predicted octanol–water partition coefficient (Wildman–Crippen LogP) is 3.70. The molecule has 5 nitrogen and oxygen atoms in total. The van der Waals surface area contributed by atoms with Crippen LogP contribution in [0, 0.1) is 5.82 Å². The maximum Gasteiger partial charge on any atom is 0.272 e. The zero-order valence-corrected chi connectivity index (χ0v) is 14.8. The van der Waals surface area contributed by atoms with Crippen LogP contribution in [0.1, 0.15) is 5.56 Å². The zero-order chi connectivity index (χ0) is 16.4. The van der Waals surface area contributed by atoms with Crippen molar-refractivity contribution in [3.8, 4) is 0 Å². The summed E-state index contributed by atoms with van der Waals surface area (Å²) in [4.78, 5) is 0. The summed E-state index contributed by atoms with van der Waals surface area (Å²) in [5, 5.41) is 4.12. The van der Waals surface area contributed by atoms with Crippen molar-refractivity contribution >= 4 is 43.1 Å². The molecule has 1 aromatic carbocycles. The van der Waals surface area contributed by atoms with Crippen LogP contribution in [0.5, 0.6) is 0 Å². The van der Waals surface area contributed by atoms with Gasteiger partial charge in [-0.05, 0) is 34.1 Å². The number of rotatable bonds is 5. The van der Waals surface area contributed by atoms with Crippen LogP contribution >= 0.6 is 27.3 Å². The van der Waals surface area contributed by atoms with E-state index in [2.05, 4.69) is 25.8 Å². The van der Waals surface area contributed by atoms with Crippen molar-refractivity contribution in [2.24, 2.45) is 0 Å². The third-order valence-corrected chi connectivity index (χ3v) is 6.45. The number of aromatic nitrogens is 2. The molecule has 0 saturated heterocycles. The van der Waals surface area contributed by atoms with Crippen LogP contribution in [-0.2, 0) is 16.6 Å². The van der Waals surface area contributed by atoms with E-state index >= 15 is 0 Å². The fraction of sp³-hybridized carbons (Fsp3) is 0.0714. The lowest BCUT2D eigenvalue weighted by atomic mass is 10.2. The quantitative estimate of drug-likeness (QED) is 0.690. The molecule has 0 amide bonds. The second-order valence-corrected chi connectivity index (χ2v) is 9.03. The van der Waals surface area contributed by atoms with E-state index < -0.39 is 10.0 Å². The lowest BCUT2D eigenvalue weighted by Gasteiger charge is -2.04. The molecule has 0 radical (unpaired) electrons. The van der Waals surface area contributed by atoms with Crippen molar-refractivity contribution in [1.29, 1.82) is 0 Å². The number of halogens is 2. The van der Waals surface area contributed by atoms with Gasteiger partial charge >= 0.3 is 0 Å². The predicted molar refractivity (Wildman–Crippen MR) is 90.6 cm³/mol. The first kappa shape index (κ1) is 16.2. The first-order valence-corrected chi connectivity index (χ1v) is 9.58. The molecule has 2 aromatic heterocycles. The number of nitrogens with one attached hydrogen (secondary N) is 1. The molecule has 2 heterocycles. The molecule has 0 fully saturated rings. The molecule has 0 bridgehead atoms. The molecule has 1 N–H and O–H groups in total. The minimum absolute atomic E-state index is 0.186. The van der Waals surface area contributed by atoms with Gasteiger partial charge in [0.05, 0.1) is 10.3 Å². The highest BCUT2D eigenvalue weighted by Crippen LogP contribution is 2.27. The Hall–Kier alpha value is -1.71. The molecule has 120 valence electrons. The highest BCUT2D eigenvalue weighted by atomic mass is 79.9. The van der Waals surface area contributed by atoms with Gasteiger partial charge in [-0.1, -0.05) is 18.2 Å². The van der Waals surface area contributed by atoms with Gasteiger partial charge in [-0.25, -0.2) is 12.8 Å². The van der Waals surface area contributed by atoms with E-state index in [0.717, 1.165) is 15.1 Å². The molecule has 0 atom stereocenters. The van der Waals surface area contributed by atoms with Crippen LogP contribution in [-0.4, -0.2) is 18.2 Å². The van der Waals surface area contributed by atoms with Crippen molar-refractivity contribution in [3.05, 3.63) is 63.8 Å². The topological polar surface area (TPSA) is 64.0 Å². The Morgan fingerprint density at radius 2 is 2.00 bits per heavy atom. The van der Waals surface area contributed by atoms with Gasteiger partial charge in [-0.3, -0.25) is 9.40 Å². The van der Waals surface area contributed by atoms with E-state index in [-0.39, 0.29) is 22.4 Å². The largest absolute Gasteiger partial charge is 0.272 e. The van der Waals surface area contributed by atoms with Gasteiger partial charge in [0.2, 0.25) is 0 Å². The van der Waals surface area contributed by atoms with Crippen LogP contribution in [0.15, 0.2) is 56.7 Å². The summed E-state index contributed by atoms with van der Waals surface area (Å²) in [6.07, 6.45) is 1.59. The number of anilines is 1. The summed E-state index contributed by atoms with van der Waals surface area (Å²) in [5.41, 5.74) is 0.479. The number of thiophene rings is 1. The summed E-state index contributed by atoms with van der Waals surface area (Å²) in [6, 6.07) is 11.1. The first-order valence-electron chi connectivity index (χ1n) is 6.49. The molecule has 0 aliphatic rings. The summed E-state index contributed by atoms with van der Waals surface area (Å²) in [6.45, 7) is 0.221. The maximum atomic E-state index is 13.6. The fourth-order valence-corrected chi connectivity index (χ4v) is 4.94. The number of nitrogens with zero attached hydrogens (tertiary/aromatic N) is 2. The summed E-state index contributed by atoms with van der Waals surface area (Å²) in [5.74, 6) is -0.139. The van der Waals surface area contributed by atoms with E-state index in [4.69, 9.17) is 0 Å². The molecule has 0 saturated carbocycles. The highest BCUT2D eigenvalue weighted by Gasteiger charge is 2.18. The van der Waals surface area contributed by atoms with Crippen LogP contribution < -0.4 is 4.72 Å². The average molecular weight is 416 g/mol. The molecule has 23 heavy (non-hydrogen) atoms. The third-order valence-electron chi connectivity index (χ3n) is 2.98. The van der Waals surface area contributed by atoms with Gasteiger partial charge in [-0.2, -0.15) is 5.10 Å². The molecular formula is C14H11BrFN3O2S2. The smallest absolute Gasteiger partial charge is 0.266 e. The molecule has 3 rings (SSSR count). The summed E-state index contributed by atoms with van der Waals surface area (Å²) >= 11 is 4.34. The van der Waals surface area contributed by atoms with Gasteiger partial charge < -0.3 is 0 Å². The van der Waals surface area contributed by atoms with Gasteiger partial charge in [0.1, 0.15) is 10.0 Å². The van der Waals surface area contributed by atoms with Gasteiger partial charge in [0.25, 0.3) is 10.0 Å². The standard InChI is InChI=1S/C14H11BrFN3O2S2/c15-12-5-6-14(22-12)23(20,21)18-13-7-8-19(17-13)9-10-3-1-2-4-11(10)16/h1-8H,9H2,(H,17,18). The second-order valence-electron chi connectivity index (χ2n) is 4.65. The summed E-state index contributed by atoms with van der Waals surface area (Å²) < 4.78 is 42.8. The Morgan fingerprint density at radius 3 is 2.70 bits per heavy atom. The Kier molecular flexibility index (Phi) is 4.51. The Bertz CT molecular complexity index is 937. The van der Waals surface area contributed by atoms with Crippen molar-refractivity contribution in [2.45, 2.75) is 10.8 Å². The van der Waals surface area contributed by atoms with Crippen molar-refractivity contribution in [2.75, 3.05) is 4.72 Å². The Balaban J connectivity index is 1.76. The van der Waals surface area contributed by atoms with E-state index in [1.807, 2.05) is 0 Å². The normalized spacial score (nSPS) is 11.6. The molecule has 0 unspecified atom stereocenters. The van der Waals surface area contributed by atoms with Crippen molar-refractivity contribution in [1.82, 2.24) is 9.78 Å². The van der Waals surface area contributed by atoms with Crippen molar-refractivity contribution in [3.63, 3.8) is 0 Å². The lowest BCUT2D eigenvalue weighted by molar-refractivity contribution is 0.585. The van der Waals surface area contributed by atoms with E-state index in [0.29, 0.717) is 5.56 Å². The second kappa shape index (κ2) is 6.42. The maximum absolute atomic E-state index is 13.6. The SMILES string of the molecule is O=S(=O)(Nc1ccn(Cc2ccccc2F)n1)c1ccc(Br)s1.